The lowest BCUT2D eigenvalue weighted by molar-refractivity contribution is -0.130. The van der Waals surface area contributed by atoms with Gasteiger partial charge in [0.15, 0.2) is 0 Å². The minimum absolute atomic E-state index is 0.00592. The molecule has 7 nitrogen and oxygen atoms in total. The number of hydrogen-bond acceptors (Lipinski definition) is 5. The molecule has 0 aliphatic carbocycles. The van der Waals surface area contributed by atoms with E-state index in [0.717, 1.165) is 0 Å². The molecule has 3 N–H and O–H groups in total. The van der Waals surface area contributed by atoms with Crippen LogP contribution in [0.4, 0.5) is 8.78 Å². The van der Waals surface area contributed by atoms with Crippen molar-refractivity contribution < 1.29 is 23.1 Å². The molecular formula is C15H16F2N4O3. The quantitative estimate of drug-likeness (QED) is 0.718. The van der Waals surface area contributed by atoms with E-state index in [0.29, 0.717) is 5.56 Å². The summed E-state index contributed by atoms with van der Waals surface area (Å²) in [7, 11) is 0. The Morgan fingerprint density at radius 3 is 2.83 bits per heavy atom. The molecule has 0 spiro atoms. The Hall–Kier alpha value is -2.97. The summed E-state index contributed by atoms with van der Waals surface area (Å²) in [6.45, 7) is -1.60. The second kappa shape index (κ2) is 7.53. The van der Waals surface area contributed by atoms with Crippen molar-refractivity contribution in [3.63, 3.8) is 0 Å². The Balaban J connectivity index is 2.04. The maximum absolute atomic E-state index is 12.4. The van der Waals surface area contributed by atoms with Crippen LogP contribution < -0.4 is 20.7 Å². The van der Waals surface area contributed by atoms with E-state index in [1.54, 1.807) is 6.07 Å². The predicted octanol–water partition coefficient (Wildman–Crippen LogP) is 0.882. The molecule has 0 radical (unpaired) electrons. The van der Waals surface area contributed by atoms with Crippen molar-refractivity contribution in [2.75, 3.05) is 0 Å². The monoisotopic (exact) mass is 338 g/mol. The van der Waals surface area contributed by atoms with Crippen molar-refractivity contribution in [2.24, 2.45) is 4.99 Å². The fraction of sp³-hybridized carbons (Fsp3) is 0.267. The Morgan fingerprint density at radius 1 is 1.42 bits per heavy atom. The van der Waals surface area contributed by atoms with Gasteiger partial charge >= 0.3 is 6.61 Å². The number of aliphatic imine (C=N–C) groups is 1. The van der Waals surface area contributed by atoms with Gasteiger partial charge in [-0.3, -0.25) is 14.6 Å². The van der Waals surface area contributed by atoms with Crippen LogP contribution in [-0.2, 0) is 16.1 Å². The highest BCUT2D eigenvalue weighted by molar-refractivity contribution is 6.06. The number of nitrogens with zero attached hydrogens (tertiary/aromatic N) is 1. The third-order valence-corrected chi connectivity index (χ3v) is 3.05. The first-order chi connectivity index (χ1) is 11.4. The third kappa shape index (κ3) is 4.51. The van der Waals surface area contributed by atoms with Crippen molar-refractivity contribution >= 4 is 18.0 Å². The van der Waals surface area contributed by atoms with Gasteiger partial charge in [0.25, 0.3) is 5.91 Å². The van der Waals surface area contributed by atoms with Crippen molar-refractivity contribution in [1.29, 1.82) is 0 Å². The fourth-order valence-corrected chi connectivity index (χ4v) is 2.08. The molecule has 1 heterocycles. The molecule has 1 aliphatic rings. The number of halogens is 2. The van der Waals surface area contributed by atoms with Gasteiger partial charge in [-0.25, -0.2) is 0 Å². The molecule has 0 saturated carbocycles. The van der Waals surface area contributed by atoms with E-state index in [1.165, 1.54) is 43.7 Å². The average Bonchev–Trinajstić information content (AvgIpc) is 2.52. The lowest BCUT2D eigenvalue weighted by Gasteiger charge is -2.30. The van der Waals surface area contributed by atoms with Gasteiger partial charge in [0.1, 0.15) is 5.75 Å². The van der Waals surface area contributed by atoms with Crippen molar-refractivity contribution in [1.82, 2.24) is 16.0 Å². The van der Waals surface area contributed by atoms with Gasteiger partial charge in [0.2, 0.25) is 11.6 Å². The zero-order valence-electron chi connectivity index (χ0n) is 12.8. The minimum atomic E-state index is -2.92. The van der Waals surface area contributed by atoms with Gasteiger partial charge in [0.05, 0.1) is 6.21 Å². The molecule has 2 rings (SSSR count). The standard InChI is InChI=1S/C15H16F2N4O3/c1-10(22)21-15(9-18-5-6-20-15)13(23)19-8-11-3-2-4-12(7-11)24-14(16)17/h2-7,9,14,20H,8H2,1H3,(H,19,23)(H,21,22). The van der Waals surface area contributed by atoms with Gasteiger partial charge < -0.3 is 20.7 Å². The van der Waals surface area contributed by atoms with Crippen LogP contribution in [0.25, 0.3) is 0 Å². The number of alkyl halides is 2. The normalized spacial score (nSPS) is 18.8. The molecule has 1 aromatic carbocycles. The molecule has 0 bridgehead atoms. The Labute approximate surface area is 136 Å². The molecular weight excluding hydrogens is 322 g/mol. The Kier molecular flexibility index (Phi) is 5.46. The van der Waals surface area contributed by atoms with E-state index >= 15 is 0 Å². The largest absolute Gasteiger partial charge is 0.435 e. The van der Waals surface area contributed by atoms with E-state index < -0.39 is 24.1 Å². The van der Waals surface area contributed by atoms with Crippen LogP contribution >= 0.6 is 0 Å². The van der Waals surface area contributed by atoms with Crippen LogP contribution in [0.5, 0.6) is 5.75 Å². The van der Waals surface area contributed by atoms with Crippen LogP contribution in [-0.4, -0.2) is 30.3 Å². The van der Waals surface area contributed by atoms with Gasteiger partial charge in [-0.1, -0.05) is 12.1 Å². The van der Waals surface area contributed by atoms with Crippen LogP contribution in [0, 0.1) is 0 Å². The molecule has 1 aliphatic heterocycles. The number of carbonyl (C=O) groups is 2. The van der Waals surface area contributed by atoms with Crippen LogP contribution in [0.3, 0.4) is 0 Å². The second-order valence-electron chi connectivity index (χ2n) is 4.94. The Morgan fingerprint density at radius 2 is 2.21 bits per heavy atom. The third-order valence-electron chi connectivity index (χ3n) is 3.05. The predicted molar refractivity (Wildman–Crippen MR) is 82.2 cm³/mol. The summed E-state index contributed by atoms with van der Waals surface area (Å²) in [5.41, 5.74) is -0.944. The summed E-state index contributed by atoms with van der Waals surface area (Å²) in [6.07, 6.45) is 4.12. The van der Waals surface area contributed by atoms with Crippen molar-refractivity contribution in [3.05, 3.63) is 42.2 Å². The average molecular weight is 338 g/mol. The number of benzene rings is 1. The number of amides is 2. The number of hydrogen-bond donors (Lipinski definition) is 3. The van der Waals surface area contributed by atoms with Crippen LogP contribution in [0.1, 0.15) is 12.5 Å². The first kappa shape index (κ1) is 17.4. The summed E-state index contributed by atoms with van der Waals surface area (Å²) in [6, 6.07) is 5.95. The molecule has 1 atom stereocenters. The van der Waals surface area contributed by atoms with Crippen molar-refractivity contribution in [3.8, 4) is 5.75 Å². The summed E-state index contributed by atoms with van der Waals surface area (Å²) < 4.78 is 28.7. The van der Waals surface area contributed by atoms with E-state index in [9.17, 15) is 18.4 Å². The zero-order chi connectivity index (χ0) is 17.6. The lowest BCUT2D eigenvalue weighted by atomic mass is 10.1. The highest BCUT2D eigenvalue weighted by atomic mass is 19.3. The maximum atomic E-state index is 12.4. The highest BCUT2D eigenvalue weighted by Gasteiger charge is 2.37. The summed E-state index contributed by atoms with van der Waals surface area (Å²) >= 11 is 0. The van der Waals surface area contributed by atoms with Gasteiger partial charge in [-0.15, -0.1) is 0 Å². The first-order valence-corrected chi connectivity index (χ1v) is 6.99. The molecule has 128 valence electrons. The molecule has 0 saturated heterocycles. The number of rotatable bonds is 6. The first-order valence-electron chi connectivity index (χ1n) is 6.99. The molecule has 9 heteroatoms. The summed E-state index contributed by atoms with van der Waals surface area (Å²) in [5.74, 6) is -0.980. The Bertz CT molecular complexity index is 678. The highest BCUT2D eigenvalue weighted by Crippen LogP contribution is 2.16. The molecule has 0 aromatic heterocycles. The topological polar surface area (TPSA) is 91.8 Å². The van der Waals surface area contributed by atoms with E-state index in [4.69, 9.17) is 0 Å². The van der Waals surface area contributed by atoms with E-state index in [2.05, 4.69) is 25.7 Å². The number of carbonyl (C=O) groups excluding carboxylic acids is 2. The lowest BCUT2D eigenvalue weighted by Crippen LogP contribution is -2.67. The molecule has 0 fully saturated rings. The van der Waals surface area contributed by atoms with Gasteiger partial charge in [0, 0.05) is 25.9 Å². The van der Waals surface area contributed by atoms with E-state index in [-0.39, 0.29) is 12.3 Å². The second-order valence-corrected chi connectivity index (χ2v) is 4.94. The fourth-order valence-electron chi connectivity index (χ4n) is 2.08. The molecule has 2 amide bonds. The van der Waals surface area contributed by atoms with Crippen LogP contribution in [0.2, 0.25) is 0 Å². The molecule has 24 heavy (non-hydrogen) atoms. The molecule has 1 unspecified atom stereocenters. The van der Waals surface area contributed by atoms with Crippen molar-refractivity contribution in [2.45, 2.75) is 25.7 Å². The number of nitrogens with one attached hydrogen (secondary N) is 3. The number of ether oxygens (including phenoxy) is 1. The SMILES string of the molecule is CC(=O)NC1(C(=O)NCc2cccc(OC(F)F)c2)C=NC=CN1. The van der Waals surface area contributed by atoms with E-state index in [1.807, 2.05) is 0 Å². The summed E-state index contributed by atoms with van der Waals surface area (Å²) in [5, 5.41) is 7.83. The van der Waals surface area contributed by atoms with Crippen LogP contribution in [0.15, 0.2) is 41.7 Å². The van der Waals surface area contributed by atoms with Gasteiger partial charge in [-0.2, -0.15) is 8.78 Å². The summed E-state index contributed by atoms with van der Waals surface area (Å²) in [4.78, 5) is 27.6. The van der Waals surface area contributed by atoms with Gasteiger partial charge in [-0.05, 0) is 17.7 Å². The molecule has 1 aromatic rings. The smallest absolute Gasteiger partial charge is 0.387 e. The zero-order valence-corrected chi connectivity index (χ0v) is 12.8. The minimum Gasteiger partial charge on any atom is -0.435 e. The maximum Gasteiger partial charge on any atom is 0.387 e.